The first kappa shape index (κ1) is 12.8. The van der Waals surface area contributed by atoms with Crippen molar-refractivity contribution in [2.75, 3.05) is 11.1 Å². The molecule has 96 valence electrons. The minimum atomic E-state index is 0.214. The zero-order valence-electron chi connectivity index (χ0n) is 9.88. The molecule has 2 nitrogen and oxygen atoms in total. The summed E-state index contributed by atoms with van der Waals surface area (Å²) in [5.41, 5.74) is 1.14. The number of anilines is 1. The van der Waals surface area contributed by atoms with E-state index in [1.54, 1.807) is 0 Å². The number of rotatable bonds is 1. The van der Waals surface area contributed by atoms with Crippen molar-refractivity contribution >= 4 is 50.1 Å². The van der Waals surface area contributed by atoms with E-state index in [0.717, 1.165) is 26.1 Å². The van der Waals surface area contributed by atoms with E-state index in [1.807, 2.05) is 30.0 Å². The largest absolute Gasteiger partial charge is 0.334 e. The van der Waals surface area contributed by atoms with E-state index in [1.165, 1.54) is 25.7 Å². The Morgan fingerprint density at radius 1 is 1.33 bits per heavy atom. The van der Waals surface area contributed by atoms with Gasteiger partial charge >= 0.3 is 0 Å². The first-order valence-corrected chi connectivity index (χ1v) is 8.27. The quantitative estimate of drug-likeness (QED) is 0.780. The second-order valence-corrected chi connectivity index (χ2v) is 7.17. The smallest absolute Gasteiger partial charge is 0.161 e. The number of nitrogens with zero attached hydrogens (tertiary/aromatic N) is 1. The molecule has 5 heteroatoms. The molecule has 2 aliphatic rings. The number of benzene rings is 1. The molecule has 0 atom stereocenters. The van der Waals surface area contributed by atoms with Gasteiger partial charge < -0.3 is 5.32 Å². The molecule has 0 aromatic heterocycles. The summed E-state index contributed by atoms with van der Waals surface area (Å²) < 4.78 is 1.02. The number of hydrogen-bond donors (Lipinski definition) is 1. The van der Waals surface area contributed by atoms with Crippen molar-refractivity contribution in [3.8, 4) is 0 Å². The fourth-order valence-corrected chi connectivity index (χ4v) is 4.27. The van der Waals surface area contributed by atoms with Crippen LogP contribution in [0.1, 0.15) is 25.7 Å². The lowest BCUT2D eigenvalue weighted by Gasteiger charge is -2.16. The third-order valence-electron chi connectivity index (χ3n) is 3.52. The second-order valence-electron chi connectivity index (χ2n) is 4.89. The van der Waals surface area contributed by atoms with Crippen LogP contribution in [0.3, 0.4) is 0 Å². The third-order valence-corrected chi connectivity index (χ3v) is 5.49. The SMILES string of the molecule is Clc1ccc(Br)cc1NC1=NC2(CCCC2)CS1. The Kier molecular flexibility index (Phi) is 3.61. The highest BCUT2D eigenvalue weighted by Crippen LogP contribution is 2.41. The molecule has 1 aliphatic carbocycles. The fraction of sp³-hybridized carbons (Fsp3) is 0.462. The highest BCUT2D eigenvalue weighted by Gasteiger charge is 2.38. The molecule has 1 aromatic carbocycles. The first-order valence-electron chi connectivity index (χ1n) is 6.12. The lowest BCUT2D eigenvalue weighted by atomic mass is 10.0. The van der Waals surface area contributed by atoms with Crippen LogP contribution in [0.4, 0.5) is 5.69 Å². The maximum absolute atomic E-state index is 6.18. The van der Waals surface area contributed by atoms with Gasteiger partial charge in [0.1, 0.15) is 0 Å². The second kappa shape index (κ2) is 5.06. The van der Waals surface area contributed by atoms with Gasteiger partial charge in [0.05, 0.1) is 16.2 Å². The molecular weight excluding hydrogens is 332 g/mol. The topological polar surface area (TPSA) is 24.4 Å². The molecule has 0 amide bonds. The van der Waals surface area contributed by atoms with E-state index in [2.05, 4.69) is 21.2 Å². The van der Waals surface area contributed by atoms with Crippen molar-refractivity contribution in [3.05, 3.63) is 27.7 Å². The first-order chi connectivity index (χ1) is 8.67. The zero-order valence-corrected chi connectivity index (χ0v) is 13.0. The van der Waals surface area contributed by atoms with Gasteiger partial charge in [-0.2, -0.15) is 0 Å². The molecule has 1 fully saturated rings. The maximum Gasteiger partial charge on any atom is 0.161 e. The molecular formula is C13H14BrClN2S. The average Bonchev–Trinajstić information content (AvgIpc) is 2.95. The Morgan fingerprint density at radius 2 is 2.11 bits per heavy atom. The van der Waals surface area contributed by atoms with Crippen molar-refractivity contribution in [1.82, 2.24) is 0 Å². The molecule has 0 saturated heterocycles. The zero-order chi connectivity index (χ0) is 12.6. The van der Waals surface area contributed by atoms with Crippen LogP contribution in [0.5, 0.6) is 0 Å². The van der Waals surface area contributed by atoms with Crippen molar-refractivity contribution in [3.63, 3.8) is 0 Å². The van der Waals surface area contributed by atoms with Gasteiger partial charge in [-0.25, -0.2) is 0 Å². The Balaban J connectivity index is 1.79. The lowest BCUT2D eigenvalue weighted by Crippen LogP contribution is -2.21. The summed E-state index contributed by atoms with van der Waals surface area (Å²) in [6, 6.07) is 5.82. The summed E-state index contributed by atoms with van der Waals surface area (Å²) in [6.07, 6.45) is 5.10. The Bertz CT molecular complexity index is 498. The molecule has 0 radical (unpaired) electrons. The summed E-state index contributed by atoms with van der Waals surface area (Å²) in [4.78, 5) is 4.88. The van der Waals surface area contributed by atoms with Crippen LogP contribution >= 0.6 is 39.3 Å². The van der Waals surface area contributed by atoms with E-state index < -0.39 is 0 Å². The predicted octanol–water partition coefficient (Wildman–Crippen LogP) is 4.93. The Hall–Kier alpha value is -0.190. The Morgan fingerprint density at radius 3 is 2.89 bits per heavy atom. The molecule has 0 bridgehead atoms. The summed E-state index contributed by atoms with van der Waals surface area (Å²) >= 11 is 11.5. The van der Waals surface area contributed by atoms with Gasteiger partial charge in [0.15, 0.2) is 5.17 Å². The highest BCUT2D eigenvalue weighted by molar-refractivity contribution is 9.10. The monoisotopic (exact) mass is 344 g/mol. The molecule has 1 N–H and O–H groups in total. The number of hydrogen-bond acceptors (Lipinski definition) is 3. The average molecular weight is 346 g/mol. The summed E-state index contributed by atoms with van der Waals surface area (Å²) in [6.45, 7) is 0. The minimum absolute atomic E-state index is 0.214. The van der Waals surface area contributed by atoms with E-state index >= 15 is 0 Å². The van der Waals surface area contributed by atoms with Gasteiger partial charge in [0.2, 0.25) is 0 Å². The number of aliphatic imine (C=N–C) groups is 1. The molecule has 0 unspecified atom stereocenters. The fourth-order valence-electron chi connectivity index (χ4n) is 2.54. The van der Waals surface area contributed by atoms with E-state index in [4.69, 9.17) is 16.6 Å². The summed E-state index contributed by atoms with van der Waals surface area (Å²) in [7, 11) is 0. The molecule has 1 spiro atoms. The molecule has 18 heavy (non-hydrogen) atoms. The van der Waals surface area contributed by atoms with E-state index in [-0.39, 0.29) is 5.54 Å². The van der Waals surface area contributed by atoms with Gasteiger partial charge in [-0.05, 0) is 31.0 Å². The van der Waals surface area contributed by atoms with Crippen LogP contribution in [-0.2, 0) is 0 Å². The number of thioether (sulfide) groups is 1. The van der Waals surface area contributed by atoms with Crippen LogP contribution in [0.15, 0.2) is 27.7 Å². The van der Waals surface area contributed by atoms with Crippen LogP contribution < -0.4 is 5.32 Å². The molecule has 1 heterocycles. The normalized spacial score (nSPS) is 21.3. The summed E-state index contributed by atoms with van der Waals surface area (Å²) in [5, 5.41) is 5.09. The standard InChI is InChI=1S/C13H14BrClN2S/c14-9-3-4-10(15)11(7-9)16-12-17-13(8-18-12)5-1-2-6-13/h3-4,7H,1-2,5-6,8H2,(H,16,17). The van der Waals surface area contributed by atoms with Crippen molar-refractivity contribution in [2.24, 2.45) is 4.99 Å². The molecule has 1 aliphatic heterocycles. The number of nitrogens with one attached hydrogen (secondary N) is 1. The van der Waals surface area contributed by atoms with Crippen LogP contribution in [0.2, 0.25) is 5.02 Å². The van der Waals surface area contributed by atoms with Gasteiger partial charge in [-0.1, -0.05) is 52.1 Å². The highest BCUT2D eigenvalue weighted by atomic mass is 79.9. The van der Waals surface area contributed by atoms with Crippen LogP contribution in [0, 0.1) is 0 Å². The van der Waals surface area contributed by atoms with Crippen molar-refractivity contribution in [2.45, 2.75) is 31.2 Å². The van der Waals surface area contributed by atoms with Crippen LogP contribution in [0.25, 0.3) is 0 Å². The predicted molar refractivity (Wildman–Crippen MR) is 83.9 cm³/mol. The lowest BCUT2D eigenvalue weighted by molar-refractivity contribution is 0.508. The van der Waals surface area contributed by atoms with Crippen molar-refractivity contribution < 1.29 is 0 Å². The van der Waals surface area contributed by atoms with Gasteiger partial charge in [0.25, 0.3) is 0 Å². The Labute approximate surface area is 125 Å². The number of halogens is 2. The molecule has 3 rings (SSSR count). The third kappa shape index (κ3) is 2.56. The molecule has 1 aromatic rings. The summed E-state index contributed by atoms with van der Waals surface area (Å²) in [5.74, 6) is 1.11. The minimum Gasteiger partial charge on any atom is -0.334 e. The van der Waals surface area contributed by atoms with Gasteiger partial charge in [-0.3, -0.25) is 4.99 Å². The van der Waals surface area contributed by atoms with E-state index in [0.29, 0.717) is 0 Å². The van der Waals surface area contributed by atoms with Crippen molar-refractivity contribution in [1.29, 1.82) is 0 Å². The number of amidine groups is 1. The maximum atomic E-state index is 6.18. The van der Waals surface area contributed by atoms with Crippen LogP contribution in [-0.4, -0.2) is 16.5 Å². The van der Waals surface area contributed by atoms with Gasteiger partial charge in [0, 0.05) is 10.2 Å². The molecule has 1 saturated carbocycles. The van der Waals surface area contributed by atoms with Gasteiger partial charge in [-0.15, -0.1) is 0 Å². The van der Waals surface area contributed by atoms with E-state index in [9.17, 15) is 0 Å².